The predicted molar refractivity (Wildman–Crippen MR) is 63.1 cm³/mol. The number of hydrogen-bond donors (Lipinski definition) is 1. The van der Waals surface area contributed by atoms with Crippen LogP contribution in [0.4, 0.5) is 0 Å². The summed E-state index contributed by atoms with van der Waals surface area (Å²) in [7, 11) is 3.15. The SMILES string of the molecule is CNC(=O)C1CC2C=CC1C1C(=O)N(C)C(=O)C21. The lowest BCUT2D eigenvalue weighted by Gasteiger charge is -2.43. The van der Waals surface area contributed by atoms with Crippen molar-refractivity contribution in [1.29, 1.82) is 0 Å². The maximum atomic E-state index is 12.1. The average Bonchev–Trinajstić information content (AvgIpc) is 2.65. The highest BCUT2D eigenvalue weighted by molar-refractivity contribution is 6.06. The minimum absolute atomic E-state index is 0.0254. The first kappa shape index (κ1) is 11.4. The van der Waals surface area contributed by atoms with Crippen molar-refractivity contribution >= 4 is 17.7 Å². The number of nitrogens with one attached hydrogen (secondary N) is 1. The van der Waals surface area contributed by atoms with Crippen LogP contribution in [0.1, 0.15) is 6.42 Å². The third kappa shape index (κ3) is 1.24. The number of amides is 3. The van der Waals surface area contributed by atoms with Gasteiger partial charge in [-0.2, -0.15) is 0 Å². The first-order valence-electron chi connectivity index (χ1n) is 6.27. The van der Waals surface area contributed by atoms with Crippen LogP contribution >= 0.6 is 0 Å². The van der Waals surface area contributed by atoms with Crippen LogP contribution in [-0.4, -0.2) is 36.7 Å². The fraction of sp³-hybridized carbons (Fsp3) is 0.615. The summed E-state index contributed by atoms with van der Waals surface area (Å²) < 4.78 is 0. The van der Waals surface area contributed by atoms with Gasteiger partial charge in [0.25, 0.3) is 0 Å². The molecule has 0 radical (unpaired) electrons. The average molecular weight is 248 g/mol. The van der Waals surface area contributed by atoms with Crippen LogP contribution in [0.25, 0.3) is 0 Å². The standard InChI is InChI=1S/C13H16N2O3/c1-14-11(16)8-5-6-3-4-7(8)10-9(6)12(17)15(2)13(10)18/h3-4,6-10H,5H2,1-2H3,(H,14,16). The molecule has 96 valence electrons. The van der Waals surface area contributed by atoms with Crippen LogP contribution in [0.3, 0.4) is 0 Å². The van der Waals surface area contributed by atoms with Crippen molar-refractivity contribution in [2.24, 2.45) is 29.6 Å². The normalized spacial score (nSPS) is 41.2. The number of imide groups is 1. The Morgan fingerprint density at radius 2 is 1.94 bits per heavy atom. The molecule has 4 aliphatic rings. The molecular weight excluding hydrogens is 232 g/mol. The van der Waals surface area contributed by atoms with Gasteiger partial charge < -0.3 is 5.32 Å². The molecule has 1 aliphatic heterocycles. The molecule has 1 saturated carbocycles. The van der Waals surface area contributed by atoms with Crippen molar-refractivity contribution in [3.8, 4) is 0 Å². The first-order valence-corrected chi connectivity index (χ1v) is 6.27. The summed E-state index contributed by atoms with van der Waals surface area (Å²) >= 11 is 0. The lowest BCUT2D eigenvalue weighted by molar-refractivity contribution is -0.138. The van der Waals surface area contributed by atoms with E-state index in [0.717, 1.165) is 0 Å². The van der Waals surface area contributed by atoms with E-state index in [2.05, 4.69) is 5.32 Å². The second-order valence-electron chi connectivity index (χ2n) is 5.37. The number of likely N-dealkylation sites (tertiary alicyclic amines) is 1. The van der Waals surface area contributed by atoms with Crippen LogP contribution in [0, 0.1) is 29.6 Å². The Kier molecular flexibility index (Phi) is 2.33. The highest BCUT2D eigenvalue weighted by Gasteiger charge is 2.59. The highest BCUT2D eigenvalue weighted by Crippen LogP contribution is 2.51. The second kappa shape index (κ2) is 3.67. The van der Waals surface area contributed by atoms with Crippen molar-refractivity contribution in [2.75, 3.05) is 14.1 Å². The molecule has 1 heterocycles. The fourth-order valence-corrected chi connectivity index (χ4v) is 3.75. The Morgan fingerprint density at radius 1 is 1.28 bits per heavy atom. The zero-order valence-corrected chi connectivity index (χ0v) is 10.4. The number of hydrogen-bond acceptors (Lipinski definition) is 3. The van der Waals surface area contributed by atoms with E-state index >= 15 is 0 Å². The van der Waals surface area contributed by atoms with Gasteiger partial charge in [-0.3, -0.25) is 19.3 Å². The minimum Gasteiger partial charge on any atom is -0.359 e. The van der Waals surface area contributed by atoms with Gasteiger partial charge in [-0.1, -0.05) is 12.2 Å². The molecule has 3 amide bonds. The van der Waals surface area contributed by atoms with E-state index in [1.807, 2.05) is 12.2 Å². The summed E-state index contributed by atoms with van der Waals surface area (Å²) in [6.45, 7) is 0. The maximum Gasteiger partial charge on any atom is 0.233 e. The van der Waals surface area contributed by atoms with Crippen molar-refractivity contribution in [3.63, 3.8) is 0 Å². The predicted octanol–water partition coefficient (Wildman–Crippen LogP) is -0.215. The largest absolute Gasteiger partial charge is 0.359 e. The number of rotatable bonds is 1. The smallest absolute Gasteiger partial charge is 0.233 e. The van der Waals surface area contributed by atoms with Crippen LogP contribution in [0.2, 0.25) is 0 Å². The van der Waals surface area contributed by atoms with Crippen LogP contribution in [0.5, 0.6) is 0 Å². The molecule has 1 saturated heterocycles. The topological polar surface area (TPSA) is 66.5 Å². The zero-order chi connectivity index (χ0) is 13.0. The summed E-state index contributed by atoms with van der Waals surface area (Å²) in [6, 6.07) is 0. The van der Waals surface area contributed by atoms with Gasteiger partial charge in [0.2, 0.25) is 17.7 Å². The molecule has 5 heteroatoms. The molecule has 0 aromatic heterocycles. The van der Waals surface area contributed by atoms with Crippen molar-refractivity contribution in [2.45, 2.75) is 6.42 Å². The molecule has 5 unspecified atom stereocenters. The molecule has 0 aromatic rings. The summed E-state index contributed by atoms with van der Waals surface area (Å²) in [4.78, 5) is 37.3. The van der Waals surface area contributed by atoms with Crippen molar-refractivity contribution in [3.05, 3.63) is 12.2 Å². The molecule has 18 heavy (non-hydrogen) atoms. The van der Waals surface area contributed by atoms with Crippen LogP contribution < -0.4 is 5.32 Å². The van der Waals surface area contributed by atoms with E-state index in [1.54, 1.807) is 7.05 Å². The van der Waals surface area contributed by atoms with Crippen molar-refractivity contribution in [1.82, 2.24) is 10.2 Å². The monoisotopic (exact) mass is 248 g/mol. The lowest BCUT2D eigenvalue weighted by atomic mass is 9.58. The summed E-state index contributed by atoms with van der Waals surface area (Å²) in [5.41, 5.74) is 0. The zero-order valence-electron chi connectivity index (χ0n) is 10.4. The summed E-state index contributed by atoms with van der Waals surface area (Å²) in [5, 5.41) is 2.65. The van der Waals surface area contributed by atoms with Gasteiger partial charge in [0, 0.05) is 25.9 Å². The summed E-state index contributed by atoms with van der Waals surface area (Å²) in [6.07, 6.45) is 4.64. The minimum atomic E-state index is -0.325. The Labute approximate surface area is 105 Å². The summed E-state index contributed by atoms with van der Waals surface area (Å²) in [5.74, 6) is -1.06. The second-order valence-corrected chi connectivity index (χ2v) is 5.37. The molecule has 1 N–H and O–H groups in total. The van der Waals surface area contributed by atoms with E-state index in [-0.39, 0.29) is 47.3 Å². The number of carbonyl (C=O) groups is 3. The van der Waals surface area contributed by atoms with Gasteiger partial charge >= 0.3 is 0 Å². The molecule has 5 atom stereocenters. The first-order chi connectivity index (χ1) is 8.56. The molecule has 2 fully saturated rings. The quantitative estimate of drug-likeness (QED) is 0.515. The molecule has 0 aromatic carbocycles. The van der Waals surface area contributed by atoms with Crippen LogP contribution in [-0.2, 0) is 14.4 Å². The van der Waals surface area contributed by atoms with E-state index in [0.29, 0.717) is 6.42 Å². The molecule has 3 aliphatic carbocycles. The van der Waals surface area contributed by atoms with E-state index in [9.17, 15) is 14.4 Å². The van der Waals surface area contributed by atoms with Crippen LogP contribution in [0.15, 0.2) is 12.2 Å². The van der Waals surface area contributed by atoms with Gasteiger partial charge in [0.05, 0.1) is 11.8 Å². The Morgan fingerprint density at radius 3 is 2.61 bits per heavy atom. The van der Waals surface area contributed by atoms with Gasteiger partial charge in [-0.15, -0.1) is 0 Å². The van der Waals surface area contributed by atoms with E-state index < -0.39 is 0 Å². The van der Waals surface area contributed by atoms with Gasteiger partial charge in [-0.05, 0) is 12.3 Å². The highest BCUT2D eigenvalue weighted by atomic mass is 16.2. The number of nitrogens with zero attached hydrogens (tertiary/aromatic N) is 1. The molecule has 2 bridgehead atoms. The third-order valence-electron chi connectivity index (χ3n) is 4.65. The van der Waals surface area contributed by atoms with Gasteiger partial charge in [0.1, 0.15) is 0 Å². The lowest BCUT2D eigenvalue weighted by Crippen LogP contribution is -2.48. The number of allylic oxidation sites excluding steroid dienone is 2. The fourth-order valence-electron chi connectivity index (χ4n) is 3.75. The van der Waals surface area contributed by atoms with Crippen molar-refractivity contribution < 1.29 is 14.4 Å². The van der Waals surface area contributed by atoms with E-state index in [1.165, 1.54) is 11.9 Å². The Hall–Kier alpha value is -1.65. The molecule has 5 nitrogen and oxygen atoms in total. The van der Waals surface area contributed by atoms with Gasteiger partial charge in [0.15, 0.2) is 0 Å². The number of fused-ring (bicyclic) bond motifs is 1. The third-order valence-corrected chi connectivity index (χ3v) is 4.65. The Bertz CT molecular complexity index is 471. The van der Waals surface area contributed by atoms with E-state index in [4.69, 9.17) is 0 Å². The maximum absolute atomic E-state index is 12.1. The molecular formula is C13H16N2O3. The van der Waals surface area contributed by atoms with Gasteiger partial charge in [-0.25, -0.2) is 0 Å². The Balaban J connectivity index is 1.99. The number of carbonyl (C=O) groups excluding carboxylic acids is 3. The molecule has 4 rings (SSSR count). The molecule has 0 spiro atoms.